The summed E-state index contributed by atoms with van der Waals surface area (Å²) in [6, 6.07) is 7.83. The van der Waals surface area contributed by atoms with Gasteiger partial charge in [-0.3, -0.25) is 9.48 Å². The number of hydrogen-bond donors (Lipinski definition) is 0. The molecule has 2 aromatic heterocycles. The third-order valence-electron chi connectivity index (χ3n) is 3.61. The lowest BCUT2D eigenvalue weighted by Gasteiger charge is -2.20. The first-order valence-electron chi connectivity index (χ1n) is 7.08. The van der Waals surface area contributed by atoms with E-state index in [2.05, 4.69) is 13.8 Å². The monoisotopic (exact) mass is 315 g/mol. The molecule has 0 radical (unpaired) electrons. The van der Waals surface area contributed by atoms with Crippen LogP contribution < -0.4 is 0 Å². The van der Waals surface area contributed by atoms with Crippen LogP contribution in [0.3, 0.4) is 0 Å². The lowest BCUT2D eigenvalue weighted by Crippen LogP contribution is -2.28. The molecule has 22 heavy (non-hydrogen) atoms. The van der Waals surface area contributed by atoms with Crippen LogP contribution in [0.4, 0.5) is 0 Å². The third kappa shape index (κ3) is 3.14. The Labute approximate surface area is 132 Å². The summed E-state index contributed by atoms with van der Waals surface area (Å²) in [6.07, 6.45) is 4.03. The standard InChI is InChI=1S/C15H17N5OS/c1-11(20-7-3-6-16-20)8-15(21)19(2)10-12-4-5-13-14(9-12)18-22-17-13/h3-7,9,11H,8,10H2,1-2H3. The molecule has 7 heteroatoms. The van der Waals surface area contributed by atoms with Crippen LogP contribution in [-0.2, 0) is 11.3 Å². The molecule has 3 rings (SSSR count). The number of nitrogens with zero attached hydrogens (tertiary/aromatic N) is 5. The zero-order chi connectivity index (χ0) is 15.5. The molecule has 1 aromatic carbocycles. The van der Waals surface area contributed by atoms with Crippen molar-refractivity contribution < 1.29 is 4.79 Å². The molecule has 3 aromatic rings. The summed E-state index contributed by atoms with van der Waals surface area (Å²) >= 11 is 1.20. The van der Waals surface area contributed by atoms with Crippen molar-refractivity contribution in [1.29, 1.82) is 0 Å². The van der Waals surface area contributed by atoms with Crippen molar-refractivity contribution in [2.24, 2.45) is 0 Å². The van der Waals surface area contributed by atoms with E-state index in [1.165, 1.54) is 11.7 Å². The maximum absolute atomic E-state index is 12.3. The average molecular weight is 315 g/mol. The van der Waals surface area contributed by atoms with Gasteiger partial charge in [-0.25, -0.2) is 0 Å². The van der Waals surface area contributed by atoms with Gasteiger partial charge in [-0.15, -0.1) is 0 Å². The van der Waals surface area contributed by atoms with Crippen LogP contribution in [0.15, 0.2) is 36.7 Å². The second-order valence-corrected chi connectivity index (χ2v) is 5.90. The van der Waals surface area contributed by atoms with E-state index >= 15 is 0 Å². The second-order valence-electron chi connectivity index (χ2n) is 5.38. The third-order valence-corrected chi connectivity index (χ3v) is 4.17. The molecule has 0 saturated heterocycles. The maximum Gasteiger partial charge on any atom is 0.224 e. The summed E-state index contributed by atoms with van der Waals surface area (Å²) in [5.41, 5.74) is 2.84. The minimum Gasteiger partial charge on any atom is -0.341 e. The molecule has 0 bridgehead atoms. The quantitative estimate of drug-likeness (QED) is 0.725. The fraction of sp³-hybridized carbons (Fsp3) is 0.333. The smallest absolute Gasteiger partial charge is 0.224 e. The van der Waals surface area contributed by atoms with E-state index in [0.717, 1.165) is 16.6 Å². The number of aromatic nitrogens is 4. The van der Waals surface area contributed by atoms with Crippen LogP contribution in [0.2, 0.25) is 0 Å². The molecule has 1 unspecified atom stereocenters. The molecule has 0 fully saturated rings. The summed E-state index contributed by atoms with van der Waals surface area (Å²) in [5, 5.41) is 4.17. The highest BCUT2D eigenvalue weighted by Crippen LogP contribution is 2.16. The molecule has 6 nitrogen and oxygen atoms in total. The van der Waals surface area contributed by atoms with E-state index in [4.69, 9.17) is 0 Å². The summed E-state index contributed by atoms with van der Waals surface area (Å²) in [5.74, 6) is 0.0968. The Bertz CT molecular complexity index is 767. The highest BCUT2D eigenvalue weighted by molar-refractivity contribution is 7.00. The molecule has 0 aliphatic rings. The van der Waals surface area contributed by atoms with Gasteiger partial charge in [-0.05, 0) is 30.7 Å². The van der Waals surface area contributed by atoms with Gasteiger partial charge in [0.25, 0.3) is 0 Å². The largest absolute Gasteiger partial charge is 0.341 e. The Kier molecular flexibility index (Phi) is 4.15. The number of carbonyl (C=O) groups is 1. The molecule has 0 spiro atoms. The van der Waals surface area contributed by atoms with Crippen molar-refractivity contribution in [3.8, 4) is 0 Å². The molecule has 1 amide bonds. The van der Waals surface area contributed by atoms with Gasteiger partial charge in [0.2, 0.25) is 5.91 Å². The summed E-state index contributed by atoms with van der Waals surface area (Å²) < 4.78 is 10.2. The lowest BCUT2D eigenvalue weighted by atomic mass is 10.1. The second kappa shape index (κ2) is 6.23. The van der Waals surface area contributed by atoms with Gasteiger partial charge < -0.3 is 4.90 Å². The summed E-state index contributed by atoms with van der Waals surface area (Å²) in [6.45, 7) is 2.56. The van der Waals surface area contributed by atoms with Crippen LogP contribution in [0.5, 0.6) is 0 Å². The van der Waals surface area contributed by atoms with Crippen LogP contribution in [-0.4, -0.2) is 36.4 Å². The van der Waals surface area contributed by atoms with Gasteiger partial charge in [0.1, 0.15) is 11.0 Å². The van der Waals surface area contributed by atoms with Gasteiger partial charge in [0, 0.05) is 32.4 Å². The van der Waals surface area contributed by atoms with Gasteiger partial charge in [0.05, 0.1) is 17.8 Å². The Morgan fingerprint density at radius 2 is 2.18 bits per heavy atom. The first-order valence-corrected chi connectivity index (χ1v) is 7.81. The summed E-state index contributed by atoms with van der Waals surface area (Å²) in [4.78, 5) is 14.1. The molecule has 114 valence electrons. The molecule has 0 aliphatic heterocycles. The van der Waals surface area contributed by atoms with Crippen LogP contribution >= 0.6 is 11.7 Å². The minimum atomic E-state index is 0.0511. The van der Waals surface area contributed by atoms with Crippen molar-refractivity contribution in [2.45, 2.75) is 25.9 Å². The zero-order valence-electron chi connectivity index (χ0n) is 12.5. The van der Waals surface area contributed by atoms with E-state index in [-0.39, 0.29) is 11.9 Å². The molecular weight excluding hydrogens is 298 g/mol. The van der Waals surface area contributed by atoms with Crippen LogP contribution in [0, 0.1) is 0 Å². The van der Waals surface area contributed by atoms with Crippen molar-refractivity contribution in [3.05, 3.63) is 42.2 Å². The Hall–Kier alpha value is -2.28. The Balaban J connectivity index is 1.63. The van der Waals surface area contributed by atoms with Crippen molar-refractivity contribution >= 4 is 28.7 Å². The number of fused-ring (bicyclic) bond motifs is 1. The number of benzene rings is 1. The van der Waals surface area contributed by atoms with Gasteiger partial charge >= 0.3 is 0 Å². The molecule has 2 heterocycles. The molecular formula is C15H17N5OS. The minimum absolute atomic E-state index is 0.0511. The van der Waals surface area contributed by atoms with E-state index in [0.29, 0.717) is 13.0 Å². The van der Waals surface area contributed by atoms with E-state index in [9.17, 15) is 4.79 Å². The fourth-order valence-corrected chi connectivity index (χ4v) is 2.85. The summed E-state index contributed by atoms with van der Waals surface area (Å²) in [7, 11) is 1.82. The van der Waals surface area contributed by atoms with E-state index in [1.807, 2.05) is 44.4 Å². The molecule has 1 atom stereocenters. The molecule has 0 aliphatic carbocycles. The molecule has 0 saturated carbocycles. The van der Waals surface area contributed by atoms with Gasteiger partial charge in [-0.2, -0.15) is 13.8 Å². The number of carbonyl (C=O) groups excluding carboxylic acids is 1. The number of rotatable bonds is 5. The fourth-order valence-electron chi connectivity index (χ4n) is 2.33. The Morgan fingerprint density at radius 1 is 1.36 bits per heavy atom. The predicted molar refractivity (Wildman–Crippen MR) is 85.4 cm³/mol. The van der Waals surface area contributed by atoms with E-state index in [1.54, 1.807) is 15.8 Å². The van der Waals surface area contributed by atoms with Crippen LogP contribution in [0.1, 0.15) is 24.9 Å². The average Bonchev–Trinajstić information content (AvgIpc) is 3.18. The van der Waals surface area contributed by atoms with Crippen molar-refractivity contribution in [2.75, 3.05) is 7.05 Å². The Morgan fingerprint density at radius 3 is 2.95 bits per heavy atom. The van der Waals surface area contributed by atoms with Gasteiger partial charge in [-0.1, -0.05) is 6.07 Å². The first-order chi connectivity index (χ1) is 10.6. The highest BCUT2D eigenvalue weighted by Gasteiger charge is 2.15. The van der Waals surface area contributed by atoms with Crippen molar-refractivity contribution in [3.63, 3.8) is 0 Å². The zero-order valence-corrected chi connectivity index (χ0v) is 13.3. The lowest BCUT2D eigenvalue weighted by molar-refractivity contribution is -0.131. The van der Waals surface area contributed by atoms with Crippen LogP contribution in [0.25, 0.3) is 11.0 Å². The molecule has 0 N–H and O–H groups in total. The normalized spacial score (nSPS) is 12.5. The first kappa shape index (κ1) is 14.6. The number of hydrogen-bond acceptors (Lipinski definition) is 5. The van der Waals surface area contributed by atoms with Gasteiger partial charge in [0.15, 0.2) is 0 Å². The highest BCUT2D eigenvalue weighted by atomic mass is 32.1. The van der Waals surface area contributed by atoms with Crippen molar-refractivity contribution in [1.82, 2.24) is 23.4 Å². The maximum atomic E-state index is 12.3. The SMILES string of the molecule is CC(CC(=O)N(C)Cc1ccc2nsnc2c1)n1cccn1. The number of amides is 1. The predicted octanol–water partition coefficient (Wildman–Crippen LogP) is 2.50. The van der Waals surface area contributed by atoms with E-state index < -0.39 is 0 Å². The topological polar surface area (TPSA) is 63.9 Å².